The molecule has 0 unspecified atom stereocenters. The molecule has 0 fully saturated rings. The molecule has 0 nitrogen and oxygen atoms in total. The monoisotopic (exact) mass is 238 g/mol. The fourth-order valence-electron chi connectivity index (χ4n) is 1.11. The maximum absolute atomic E-state index is 4.13. The van der Waals surface area contributed by atoms with E-state index in [0.717, 1.165) is 4.47 Å². The molecule has 0 aliphatic rings. The lowest BCUT2D eigenvalue weighted by Crippen LogP contribution is -2.07. The summed E-state index contributed by atoms with van der Waals surface area (Å²) < 4.78 is 1.12. The number of halogens is 1. The smallest absolute Gasteiger partial charge is 0.0250 e. The fourth-order valence-corrected chi connectivity index (χ4v) is 1.63. The molecule has 0 amide bonds. The van der Waals surface area contributed by atoms with E-state index in [2.05, 4.69) is 49.3 Å². The van der Waals surface area contributed by atoms with E-state index in [-0.39, 0.29) is 5.41 Å². The first-order valence-electron chi connectivity index (χ1n) is 4.37. The number of rotatable bonds is 1. The van der Waals surface area contributed by atoms with Crippen molar-refractivity contribution in [3.63, 3.8) is 0 Å². The average molecular weight is 239 g/mol. The summed E-state index contributed by atoms with van der Waals surface area (Å²) in [6.45, 7) is 10.7. The Morgan fingerprint density at radius 3 is 2.23 bits per heavy atom. The highest BCUT2D eigenvalue weighted by Crippen LogP contribution is 2.35. The lowest BCUT2D eigenvalue weighted by atomic mass is 9.83. The van der Waals surface area contributed by atoms with Gasteiger partial charge in [0.2, 0.25) is 0 Å². The highest BCUT2D eigenvalue weighted by molar-refractivity contribution is 9.10. The summed E-state index contributed by atoms with van der Waals surface area (Å²) in [5.41, 5.74) is 2.50. The van der Waals surface area contributed by atoms with Gasteiger partial charge in [0.1, 0.15) is 0 Å². The number of allylic oxidation sites excluding steroid dienone is 1. The molecule has 0 saturated carbocycles. The van der Waals surface area contributed by atoms with Crippen LogP contribution in [0, 0.1) is 5.41 Å². The van der Waals surface area contributed by atoms with Crippen LogP contribution < -0.4 is 0 Å². The van der Waals surface area contributed by atoms with Crippen LogP contribution in [0.4, 0.5) is 0 Å². The Morgan fingerprint density at radius 2 is 1.77 bits per heavy atom. The van der Waals surface area contributed by atoms with Crippen LogP contribution in [0.15, 0.2) is 35.3 Å². The average Bonchev–Trinajstić information content (AvgIpc) is 2.02. The second kappa shape index (κ2) is 3.67. The first-order valence-corrected chi connectivity index (χ1v) is 5.16. The molecule has 1 aromatic carbocycles. The van der Waals surface area contributed by atoms with Crippen LogP contribution in [0.5, 0.6) is 0 Å². The molecule has 0 aliphatic heterocycles. The Kier molecular flexibility index (Phi) is 2.97. The number of hydrogen-bond donors (Lipinski definition) is 0. The van der Waals surface area contributed by atoms with E-state index in [1.165, 1.54) is 11.1 Å². The molecule has 0 spiro atoms. The summed E-state index contributed by atoms with van der Waals surface area (Å²) in [4.78, 5) is 0. The normalized spacial score (nSPS) is 11.4. The molecule has 1 heteroatoms. The molecular weight excluding hydrogens is 224 g/mol. The van der Waals surface area contributed by atoms with Crippen LogP contribution in [0.2, 0.25) is 0 Å². The zero-order valence-corrected chi connectivity index (χ0v) is 9.98. The summed E-state index contributed by atoms with van der Waals surface area (Å²) in [6.07, 6.45) is 0. The van der Waals surface area contributed by atoms with Crippen molar-refractivity contribution in [1.29, 1.82) is 0 Å². The minimum Gasteiger partial charge on any atom is -0.0947 e. The molecule has 0 bridgehead atoms. The van der Waals surface area contributed by atoms with Gasteiger partial charge in [-0.3, -0.25) is 0 Å². The molecule has 13 heavy (non-hydrogen) atoms. The predicted molar refractivity (Wildman–Crippen MR) is 62.6 cm³/mol. The third kappa shape index (κ3) is 2.44. The van der Waals surface area contributed by atoms with Crippen molar-refractivity contribution >= 4 is 21.5 Å². The molecular formula is C12H15Br. The van der Waals surface area contributed by atoms with Crippen LogP contribution in [-0.2, 0) is 0 Å². The summed E-state index contributed by atoms with van der Waals surface area (Å²) in [7, 11) is 0. The van der Waals surface area contributed by atoms with E-state index in [9.17, 15) is 0 Å². The van der Waals surface area contributed by atoms with Crippen LogP contribution in [0.1, 0.15) is 26.3 Å². The van der Waals surface area contributed by atoms with Crippen LogP contribution >= 0.6 is 15.9 Å². The maximum Gasteiger partial charge on any atom is 0.0250 e. The quantitative estimate of drug-likeness (QED) is 0.676. The molecule has 1 aromatic rings. The van der Waals surface area contributed by atoms with Gasteiger partial charge in [-0.05, 0) is 22.6 Å². The highest BCUT2D eigenvalue weighted by Gasteiger charge is 2.17. The van der Waals surface area contributed by atoms with Gasteiger partial charge in [-0.1, -0.05) is 61.5 Å². The van der Waals surface area contributed by atoms with Crippen molar-refractivity contribution in [2.24, 2.45) is 5.41 Å². The second-order valence-electron chi connectivity index (χ2n) is 4.21. The third-order valence-corrected chi connectivity index (χ3v) is 2.80. The SMILES string of the molecule is C=C(c1ccccc1Br)C(C)(C)C. The van der Waals surface area contributed by atoms with Gasteiger partial charge in [-0.25, -0.2) is 0 Å². The predicted octanol–water partition coefficient (Wildman–Crippen LogP) is 4.51. The van der Waals surface area contributed by atoms with Crippen molar-refractivity contribution < 1.29 is 0 Å². The van der Waals surface area contributed by atoms with Gasteiger partial charge >= 0.3 is 0 Å². The summed E-state index contributed by atoms with van der Waals surface area (Å²) in [5.74, 6) is 0. The van der Waals surface area contributed by atoms with Gasteiger partial charge in [-0.15, -0.1) is 0 Å². The maximum atomic E-state index is 4.13. The standard InChI is InChI=1S/C12H15Br/c1-9(12(2,3)4)10-7-5-6-8-11(10)13/h5-8H,1H2,2-4H3. The Morgan fingerprint density at radius 1 is 1.23 bits per heavy atom. The Labute approximate surface area is 88.8 Å². The number of hydrogen-bond acceptors (Lipinski definition) is 0. The van der Waals surface area contributed by atoms with E-state index in [1.807, 2.05) is 18.2 Å². The molecule has 0 aliphatic carbocycles. The molecule has 0 heterocycles. The Balaban J connectivity index is 3.10. The van der Waals surface area contributed by atoms with E-state index in [1.54, 1.807) is 0 Å². The molecule has 0 aromatic heterocycles. The van der Waals surface area contributed by atoms with Crippen molar-refractivity contribution in [1.82, 2.24) is 0 Å². The fraction of sp³-hybridized carbons (Fsp3) is 0.333. The first kappa shape index (κ1) is 10.5. The molecule has 0 saturated heterocycles. The van der Waals surface area contributed by atoms with E-state index >= 15 is 0 Å². The number of benzene rings is 1. The lowest BCUT2D eigenvalue weighted by molar-refractivity contribution is 0.568. The third-order valence-electron chi connectivity index (χ3n) is 2.10. The van der Waals surface area contributed by atoms with Crippen LogP contribution in [0.3, 0.4) is 0 Å². The van der Waals surface area contributed by atoms with Gasteiger partial charge in [-0.2, -0.15) is 0 Å². The Hall–Kier alpha value is -0.560. The topological polar surface area (TPSA) is 0 Å². The van der Waals surface area contributed by atoms with Gasteiger partial charge in [0.15, 0.2) is 0 Å². The molecule has 0 atom stereocenters. The second-order valence-corrected chi connectivity index (χ2v) is 5.06. The summed E-state index contributed by atoms with van der Waals surface area (Å²) in [5, 5.41) is 0. The molecule has 1 rings (SSSR count). The van der Waals surface area contributed by atoms with Crippen molar-refractivity contribution in [2.75, 3.05) is 0 Å². The van der Waals surface area contributed by atoms with Gasteiger partial charge in [0.05, 0.1) is 0 Å². The van der Waals surface area contributed by atoms with E-state index < -0.39 is 0 Å². The van der Waals surface area contributed by atoms with Crippen molar-refractivity contribution in [3.05, 3.63) is 40.9 Å². The zero-order chi connectivity index (χ0) is 10.1. The lowest BCUT2D eigenvalue weighted by Gasteiger charge is -2.22. The van der Waals surface area contributed by atoms with E-state index in [0.29, 0.717) is 0 Å². The van der Waals surface area contributed by atoms with Gasteiger partial charge in [0.25, 0.3) is 0 Å². The largest absolute Gasteiger partial charge is 0.0947 e. The zero-order valence-electron chi connectivity index (χ0n) is 8.39. The minimum absolute atomic E-state index is 0.129. The van der Waals surface area contributed by atoms with Crippen LogP contribution in [0.25, 0.3) is 5.57 Å². The minimum atomic E-state index is 0.129. The highest BCUT2D eigenvalue weighted by atomic mass is 79.9. The molecule has 0 radical (unpaired) electrons. The first-order chi connectivity index (χ1) is 5.93. The van der Waals surface area contributed by atoms with Crippen LogP contribution in [-0.4, -0.2) is 0 Å². The van der Waals surface area contributed by atoms with Gasteiger partial charge < -0.3 is 0 Å². The van der Waals surface area contributed by atoms with Crippen molar-refractivity contribution in [2.45, 2.75) is 20.8 Å². The summed E-state index contributed by atoms with van der Waals surface area (Å²) in [6, 6.07) is 8.20. The molecule has 0 N–H and O–H groups in total. The van der Waals surface area contributed by atoms with E-state index in [4.69, 9.17) is 0 Å². The summed E-state index contributed by atoms with van der Waals surface area (Å²) >= 11 is 3.53. The van der Waals surface area contributed by atoms with Crippen molar-refractivity contribution in [3.8, 4) is 0 Å². The molecule has 70 valence electrons. The van der Waals surface area contributed by atoms with Gasteiger partial charge in [0, 0.05) is 4.47 Å². The Bertz CT molecular complexity index is 318.